The number of aliphatic imine (C=N–C) groups is 2. The first-order valence-electron chi connectivity index (χ1n) is 7.32. The molecule has 0 N–H and O–H groups in total. The molecule has 0 aliphatic heterocycles. The first kappa shape index (κ1) is 14.3. The van der Waals surface area contributed by atoms with Crippen LogP contribution in [0, 0.1) is 0 Å². The van der Waals surface area contributed by atoms with Crippen LogP contribution in [-0.4, -0.2) is 16.1 Å². The molecule has 110 valence electrons. The average molecular weight is 289 g/mol. The van der Waals surface area contributed by atoms with Gasteiger partial charge in [0.25, 0.3) is 0 Å². The number of rotatable bonds is 2. The van der Waals surface area contributed by atoms with Crippen molar-refractivity contribution in [1.29, 1.82) is 0 Å². The molecule has 0 saturated heterocycles. The maximum atomic E-state index is 4.56. The zero-order valence-corrected chi connectivity index (χ0v) is 13.2. The summed E-state index contributed by atoms with van der Waals surface area (Å²) in [6.45, 7) is 9.97. The van der Waals surface area contributed by atoms with Crippen molar-refractivity contribution < 1.29 is 0 Å². The molecule has 0 bridgehead atoms. The van der Waals surface area contributed by atoms with E-state index in [0.717, 1.165) is 16.7 Å². The molecular formula is C19H19N3. The van der Waals surface area contributed by atoms with Crippen molar-refractivity contribution in [3.8, 4) is 0 Å². The fourth-order valence-electron chi connectivity index (χ4n) is 2.79. The van der Waals surface area contributed by atoms with Crippen LogP contribution in [0.3, 0.4) is 0 Å². The van der Waals surface area contributed by atoms with E-state index in [1.807, 2.05) is 32.9 Å². The van der Waals surface area contributed by atoms with E-state index < -0.39 is 0 Å². The van der Waals surface area contributed by atoms with E-state index in [-0.39, 0.29) is 0 Å². The second kappa shape index (κ2) is 5.60. The number of hydrogen-bond donors (Lipinski definition) is 0. The number of amidine groups is 1. The fraction of sp³-hybridized carbons (Fsp3) is 0.158. The molecule has 3 aromatic rings. The monoisotopic (exact) mass is 289 g/mol. The van der Waals surface area contributed by atoms with Gasteiger partial charge in [-0.25, -0.2) is 9.98 Å². The highest BCUT2D eigenvalue weighted by atomic mass is 15.1. The minimum atomic E-state index is 0.680. The Morgan fingerprint density at radius 3 is 1.82 bits per heavy atom. The van der Waals surface area contributed by atoms with Gasteiger partial charge in [0, 0.05) is 16.5 Å². The van der Waals surface area contributed by atoms with Crippen molar-refractivity contribution in [3.63, 3.8) is 0 Å². The quantitative estimate of drug-likeness (QED) is 0.463. The Labute approximate surface area is 130 Å². The van der Waals surface area contributed by atoms with Gasteiger partial charge in [-0.1, -0.05) is 43.0 Å². The zero-order valence-electron chi connectivity index (χ0n) is 13.2. The largest absolute Gasteiger partial charge is 0.294 e. The van der Waals surface area contributed by atoms with Crippen molar-refractivity contribution in [2.75, 3.05) is 0 Å². The maximum absolute atomic E-state index is 4.56. The number of aromatic nitrogens is 1. The minimum Gasteiger partial charge on any atom is -0.294 e. The summed E-state index contributed by atoms with van der Waals surface area (Å²) in [6, 6.07) is 16.6. The van der Waals surface area contributed by atoms with Crippen LogP contribution < -0.4 is 0 Å². The van der Waals surface area contributed by atoms with Gasteiger partial charge in [-0.05, 0) is 32.9 Å². The highest BCUT2D eigenvalue weighted by Crippen LogP contribution is 2.31. The summed E-state index contributed by atoms with van der Waals surface area (Å²) in [6.07, 6.45) is 0. The van der Waals surface area contributed by atoms with Crippen LogP contribution in [0.25, 0.3) is 27.6 Å². The van der Waals surface area contributed by atoms with Crippen LogP contribution in [0.5, 0.6) is 0 Å². The molecular weight excluding hydrogens is 270 g/mol. The lowest BCUT2D eigenvalue weighted by Gasteiger charge is -2.07. The molecule has 1 heterocycles. The second-order valence-electron chi connectivity index (χ2n) is 5.50. The number of benzene rings is 2. The third-order valence-corrected chi connectivity index (χ3v) is 3.51. The molecule has 0 unspecified atom stereocenters. The van der Waals surface area contributed by atoms with E-state index in [1.54, 1.807) is 0 Å². The molecule has 3 nitrogen and oxygen atoms in total. The predicted octanol–water partition coefficient (Wildman–Crippen LogP) is 5.12. The van der Waals surface area contributed by atoms with E-state index >= 15 is 0 Å². The fourth-order valence-corrected chi connectivity index (χ4v) is 2.79. The topological polar surface area (TPSA) is 29.6 Å². The summed E-state index contributed by atoms with van der Waals surface area (Å²) >= 11 is 0. The van der Waals surface area contributed by atoms with E-state index in [9.17, 15) is 0 Å². The van der Waals surface area contributed by atoms with Gasteiger partial charge in [0.2, 0.25) is 0 Å². The van der Waals surface area contributed by atoms with Gasteiger partial charge in [-0.2, -0.15) is 0 Å². The summed E-state index contributed by atoms with van der Waals surface area (Å²) < 4.78 is 2.09. The Morgan fingerprint density at radius 1 is 0.818 bits per heavy atom. The van der Waals surface area contributed by atoms with Crippen LogP contribution >= 0.6 is 0 Å². The van der Waals surface area contributed by atoms with Gasteiger partial charge >= 0.3 is 0 Å². The van der Waals surface area contributed by atoms with Crippen LogP contribution in [0.4, 0.5) is 0 Å². The lowest BCUT2D eigenvalue weighted by Crippen LogP contribution is -1.97. The molecule has 2 aromatic carbocycles. The number of nitrogens with zero attached hydrogens (tertiary/aromatic N) is 3. The minimum absolute atomic E-state index is 0.680. The summed E-state index contributed by atoms with van der Waals surface area (Å²) in [5.74, 6) is 1.40. The van der Waals surface area contributed by atoms with E-state index in [1.165, 1.54) is 10.8 Å². The van der Waals surface area contributed by atoms with Crippen LogP contribution in [-0.2, 0) is 0 Å². The Morgan fingerprint density at radius 2 is 1.32 bits per heavy atom. The van der Waals surface area contributed by atoms with Gasteiger partial charge in [0.1, 0.15) is 11.7 Å². The van der Waals surface area contributed by atoms with Crippen molar-refractivity contribution in [2.45, 2.75) is 20.8 Å². The average Bonchev–Trinajstić information content (AvgIpc) is 2.80. The first-order valence-corrected chi connectivity index (χ1v) is 7.32. The van der Waals surface area contributed by atoms with Crippen molar-refractivity contribution in [3.05, 3.63) is 55.1 Å². The van der Waals surface area contributed by atoms with Crippen molar-refractivity contribution in [1.82, 2.24) is 4.57 Å². The molecule has 3 rings (SSSR count). The second-order valence-corrected chi connectivity index (χ2v) is 5.50. The molecule has 1 aromatic heterocycles. The van der Waals surface area contributed by atoms with Gasteiger partial charge in [-0.3, -0.25) is 4.57 Å². The Bertz CT molecular complexity index is 869. The molecule has 0 radical (unpaired) electrons. The molecule has 0 saturated carbocycles. The third kappa shape index (κ3) is 2.46. The van der Waals surface area contributed by atoms with E-state index in [4.69, 9.17) is 0 Å². The summed E-state index contributed by atoms with van der Waals surface area (Å²) in [7, 11) is 0. The molecule has 0 spiro atoms. The molecule has 0 amide bonds. The lowest BCUT2D eigenvalue weighted by atomic mass is 10.2. The molecule has 0 atom stereocenters. The predicted molar refractivity (Wildman–Crippen MR) is 96.7 cm³/mol. The zero-order chi connectivity index (χ0) is 15.7. The molecule has 0 aliphatic rings. The number of fused-ring (bicyclic) bond motifs is 3. The lowest BCUT2D eigenvalue weighted by molar-refractivity contribution is 1.18. The van der Waals surface area contributed by atoms with Gasteiger partial charge in [0.05, 0.1) is 11.0 Å². The van der Waals surface area contributed by atoms with Gasteiger partial charge in [0.15, 0.2) is 0 Å². The Hall–Kier alpha value is -2.68. The third-order valence-electron chi connectivity index (χ3n) is 3.51. The van der Waals surface area contributed by atoms with Crippen LogP contribution in [0.15, 0.2) is 65.1 Å². The number of hydrogen-bond acceptors (Lipinski definition) is 1. The summed E-state index contributed by atoms with van der Waals surface area (Å²) in [5, 5.41) is 2.42. The SMILES string of the molecule is C=C(N=C(C)N=C(C)C)n1c2ccccc2c2ccccc21. The summed E-state index contributed by atoms with van der Waals surface area (Å²) in [5.41, 5.74) is 3.21. The van der Waals surface area contributed by atoms with Gasteiger partial charge in [-0.15, -0.1) is 0 Å². The van der Waals surface area contributed by atoms with Crippen molar-refractivity contribution >= 4 is 39.2 Å². The smallest absolute Gasteiger partial charge is 0.132 e. The maximum Gasteiger partial charge on any atom is 0.132 e. The standard InChI is InChI=1S/C19H19N3/c1-13(2)20-14(3)21-15(4)22-18-11-7-5-9-16(18)17-10-6-8-12-19(17)22/h5-12H,4H2,1-3H3. The van der Waals surface area contributed by atoms with E-state index in [0.29, 0.717) is 11.7 Å². The normalized spacial score (nSPS) is 11.9. The Balaban J connectivity index is 2.25. The number of para-hydroxylation sites is 2. The molecule has 3 heteroatoms. The van der Waals surface area contributed by atoms with Crippen LogP contribution in [0.2, 0.25) is 0 Å². The van der Waals surface area contributed by atoms with Crippen molar-refractivity contribution in [2.24, 2.45) is 9.98 Å². The van der Waals surface area contributed by atoms with Crippen LogP contribution in [0.1, 0.15) is 20.8 Å². The first-order chi connectivity index (χ1) is 10.6. The Kier molecular flexibility index (Phi) is 3.63. The van der Waals surface area contributed by atoms with E-state index in [2.05, 4.69) is 57.5 Å². The highest BCUT2D eigenvalue weighted by Gasteiger charge is 2.11. The molecule has 22 heavy (non-hydrogen) atoms. The molecule has 0 fully saturated rings. The highest BCUT2D eigenvalue weighted by molar-refractivity contribution is 6.10. The van der Waals surface area contributed by atoms with Gasteiger partial charge < -0.3 is 0 Å². The molecule has 0 aliphatic carbocycles. The summed E-state index contributed by atoms with van der Waals surface area (Å²) in [4.78, 5) is 8.94.